The number of ether oxygens (including phenoxy) is 1. The topological polar surface area (TPSA) is 63.2 Å². The van der Waals surface area contributed by atoms with Crippen LogP contribution in [0.2, 0.25) is 5.02 Å². The molecule has 0 saturated heterocycles. The van der Waals surface area contributed by atoms with Crippen molar-refractivity contribution in [2.45, 2.75) is 19.0 Å². The molecular weight excluding hydrogens is 323 g/mol. The second-order valence-electron chi connectivity index (χ2n) is 4.41. The summed E-state index contributed by atoms with van der Waals surface area (Å²) < 4.78 is 42.4. The van der Waals surface area contributed by atoms with Crippen LogP contribution in [0.1, 0.15) is 18.4 Å². The summed E-state index contributed by atoms with van der Waals surface area (Å²) in [6, 6.07) is 0.750. The van der Waals surface area contributed by atoms with E-state index in [2.05, 4.69) is 15.6 Å². The standard InChI is InChI=1S/C13H17ClF3N3O2/c1-18-4-2-3-11(21)19-5-6-22-12-10(14)7-9(8-20-12)13(15,16)17/h7-8,18H,2-6H2,1H3,(H,19,21). The molecule has 0 spiro atoms. The summed E-state index contributed by atoms with van der Waals surface area (Å²) in [5, 5.41) is 5.32. The van der Waals surface area contributed by atoms with Crippen molar-refractivity contribution < 1.29 is 22.7 Å². The van der Waals surface area contributed by atoms with Crippen molar-refractivity contribution in [3.05, 3.63) is 22.8 Å². The van der Waals surface area contributed by atoms with Gasteiger partial charge < -0.3 is 15.4 Å². The summed E-state index contributed by atoms with van der Waals surface area (Å²) in [6.45, 7) is 1.03. The Kier molecular flexibility index (Phi) is 7.40. The average molecular weight is 340 g/mol. The molecule has 2 N–H and O–H groups in total. The lowest BCUT2D eigenvalue weighted by Gasteiger charge is -2.10. The van der Waals surface area contributed by atoms with Crippen molar-refractivity contribution >= 4 is 17.5 Å². The van der Waals surface area contributed by atoms with Crippen molar-refractivity contribution in [2.75, 3.05) is 26.7 Å². The van der Waals surface area contributed by atoms with Gasteiger partial charge in [0.1, 0.15) is 11.6 Å². The fraction of sp³-hybridized carbons (Fsp3) is 0.538. The Morgan fingerprint density at radius 2 is 2.14 bits per heavy atom. The normalized spacial score (nSPS) is 11.3. The average Bonchev–Trinajstić information content (AvgIpc) is 2.44. The summed E-state index contributed by atoms with van der Waals surface area (Å²) in [6.07, 6.45) is -2.75. The van der Waals surface area contributed by atoms with E-state index in [9.17, 15) is 18.0 Å². The van der Waals surface area contributed by atoms with E-state index in [0.29, 0.717) is 12.6 Å². The predicted octanol–water partition coefficient (Wildman–Crippen LogP) is 2.25. The van der Waals surface area contributed by atoms with Crippen LogP contribution in [0.15, 0.2) is 12.3 Å². The zero-order chi connectivity index (χ0) is 16.6. The van der Waals surface area contributed by atoms with E-state index >= 15 is 0 Å². The third kappa shape index (κ3) is 6.48. The molecule has 1 heterocycles. The number of rotatable bonds is 8. The van der Waals surface area contributed by atoms with E-state index < -0.39 is 11.7 Å². The van der Waals surface area contributed by atoms with Crippen molar-refractivity contribution in [3.8, 4) is 5.88 Å². The molecule has 5 nitrogen and oxygen atoms in total. The van der Waals surface area contributed by atoms with E-state index in [0.717, 1.165) is 19.0 Å². The van der Waals surface area contributed by atoms with E-state index in [4.69, 9.17) is 16.3 Å². The van der Waals surface area contributed by atoms with Crippen LogP contribution < -0.4 is 15.4 Å². The number of aromatic nitrogens is 1. The highest BCUT2D eigenvalue weighted by Gasteiger charge is 2.31. The first-order valence-electron chi connectivity index (χ1n) is 6.61. The first-order chi connectivity index (χ1) is 10.3. The van der Waals surface area contributed by atoms with Gasteiger partial charge in [0.25, 0.3) is 0 Å². The smallest absolute Gasteiger partial charge is 0.417 e. The highest BCUT2D eigenvalue weighted by atomic mass is 35.5. The molecule has 1 aromatic rings. The molecule has 0 atom stereocenters. The molecule has 1 rings (SSSR count). The van der Waals surface area contributed by atoms with Gasteiger partial charge >= 0.3 is 6.18 Å². The fourth-order valence-electron chi connectivity index (χ4n) is 1.54. The molecule has 0 aliphatic rings. The van der Waals surface area contributed by atoms with Crippen LogP contribution in [0.4, 0.5) is 13.2 Å². The molecular formula is C13H17ClF3N3O2. The number of alkyl halides is 3. The monoisotopic (exact) mass is 339 g/mol. The van der Waals surface area contributed by atoms with Gasteiger partial charge in [-0.05, 0) is 26.1 Å². The van der Waals surface area contributed by atoms with Crippen LogP contribution in [-0.2, 0) is 11.0 Å². The molecule has 0 bridgehead atoms. The van der Waals surface area contributed by atoms with Gasteiger partial charge in [-0.3, -0.25) is 4.79 Å². The number of nitrogens with zero attached hydrogens (tertiary/aromatic N) is 1. The van der Waals surface area contributed by atoms with Gasteiger partial charge in [0, 0.05) is 12.6 Å². The van der Waals surface area contributed by atoms with Crippen LogP contribution in [0.5, 0.6) is 5.88 Å². The van der Waals surface area contributed by atoms with Crippen molar-refractivity contribution in [1.29, 1.82) is 0 Å². The maximum atomic E-state index is 12.4. The second kappa shape index (κ2) is 8.79. The fourth-order valence-corrected chi connectivity index (χ4v) is 1.76. The maximum absolute atomic E-state index is 12.4. The molecule has 0 aliphatic carbocycles. The lowest BCUT2D eigenvalue weighted by Crippen LogP contribution is -2.28. The Bertz CT molecular complexity index is 498. The van der Waals surface area contributed by atoms with Crippen LogP contribution in [0.25, 0.3) is 0 Å². The van der Waals surface area contributed by atoms with Gasteiger partial charge in [-0.1, -0.05) is 11.6 Å². The molecule has 0 aromatic carbocycles. The Labute approximate surface area is 131 Å². The van der Waals surface area contributed by atoms with Crippen LogP contribution in [-0.4, -0.2) is 37.6 Å². The zero-order valence-corrected chi connectivity index (χ0v) is 12.7. The van der Waals surface area contributed by atoms with Gasteiger partial charge in [0.15, 0.2) is 0 Å². The SMILES string of the molecule is CNCCCC(=O)NCCOc1ncc(C(F)(F)F)cc1Cl. The third-order valence-electron chi connectivity index (χ3n) is 2.63. The van der Waals surface area contributed by atoms with Gasteiger partial charge in [-0.25, -0.2) is 4.98 Å². The van der Waals surface area contributed by atoms with Crippen LogP contribution >= 0.6 is 11.6 Å². The Morgan fingerprint density at radius 1 is 1.41 bits per heavy atom. The number of carbonyl (C=O) groups is 1. The number of carbonyl (C=O) groups excluding carboxylic acids is 1. The first-order valence-corrected chi connectivity index (χ1v) is 6.99. The molecule has 0 aliphatic heterocycles. The number of amides is 1. The largest absolute Gasteiger partial charge is 0.475 e. The van der Waals surface area contributed by atoms with Crippen molar-refractivity contribution in [3.63, 3.8) is 0 Å². The number of nitrogens with one attached hydrogen (secondary N) is 2. The number of pyridine rings is 1. The summed E-state index contributed by atoms with van der Waals surface area (Å²) in [4.78, 5) is 14.9. The molecule has 0 saturated carbocycles. The number of hydrogen-bond acceptors (Lipinski definition) is 4. The minimum atomic E-state index is -4.50. The zero-order valence-electron chi connectivity index (χ0n) is 12.0. The quantitative estimate of drug-likeness (QED) is 0.713. The highest BCUT2D eigenvalue weighted by molar-refractivity contribution is 6.31. The van der Waals surface area contributed by atoms with Crippen molar-refractivity contribution in [1.82, 2.24) is 15.6 Å². The van der Waals surface area contributed by atoms with Crippen LogP contribution in [0.3, 0.4) is 0 Å². The van der Waals surface area contributed by atoms with Crippen LogP contribution in [0, 0.1) is 0 Å². The molecule has 124 valence electrons. The van der Waals surface area contributed by atoms with E-state index in [1.165, 1.54) is 0 Å². The van der Waals surface area contributed by atoms with E-state index in [-0.39, 0.29) is 30.0 Å². The summed E-state index contributed by atoms with van der Waals surface area (Å²) >= 11 is 5.68. The summed E-state index contributed by atoms with van der Waals surface area (Å²) in [5.41, 5.74) is -0.942. The lowest BCUT2D eigenvalue weighted by molar-refractivity contribution is -0.137. The summed E-state index contributed by atoms with van der Waals surface area (Å²) in [7, 11) is 1.80. The lowest BCUT2D eigenvalue weighted by atomic mass is 10.3. The molecule has 1 amide bonds. The van der Waals surface area contributed by atoms with Crippen molar-refractivity contribution in [2.24, 2.45) is 0 Å². The number of hydrogen-bond donors (Lipinski definition) is 2. The third-order valence-corrected chi connectivity index (χ3v) is 2.90. The van der Waals surface area contributed by atoms with Gasteiger partial charge in [0.2, 0.25) is 11.8 Å². The summed E-state index contributed by atoms with van der Waals surface area (Å²) in [5.74, 6) is -0.218. The van der Waals surface area contributed by atoms with Gasteiger partial charge in [-0.15, -0.1) is 0 Å². The molecule has 1 aromatic heterocycles. The highest BCUT2D eigenvalue weighted by Crippen LogP contribution is 2.32. The Morgan fingerprint density at radius 3 is 2.73 bits per heavy atom. The molecule has 0 radical (unpaired) electrons. The minimum absolute atomic E-state index is 0.0653. The van der Waals surface area contributed by atoms with E-state index in [1.54, 1.807) is 7.05 Å². The van der Waals surface area contributed by atoms with E-state index in [1.807, 2.05) is 0 Å². The first kappa shape index (κ1) is 18.5. The molecule has 0 fully saturated rings. The number of halogens is 4. The van der Waals surface area contributed by atoms with Gasteiger partial charge in [0.05, 0.1) is 12.1 Å². The Hall–Kier alpha value is -1.54. The Balaban J connectivity index is 2.35. The van der Waals surface area contributed by atoms with Gasteiger partial charge in [-0.2, -0.15) is 13.2 Å². The maximum Gasteiger partial charge on any atom is 0.417 e. The minimum Gasteiger partial charge on any atom is -0.475 e. The molecule has 0 unspecified atom stereocenters. The second-order valence-corrected chi connectivity index (χ2v) is 4.82. The molecule has 9 heteroatoms. The predicted molar refractivity (Wildman–Crippen MR) is 75.9 cm³/mol. The molecule has 22 heavy (non-hydrogen) atoms.